The second kappa shape index (κ2) is 11.3. The SMILES string of the molecule is C[C@]12CC[C@H]3[C@@H](CCC4=CC(=O)CC[C@@]43C)[C@@H]1CC[C@@H]2OCCOCCOCCOCCO. The minimum Gasteiger partial charge on any atom is -0.394 e. The molecule has 3 fully saturated rings. The minimum atomic E-state index is 0.0466. The van der Waals surface area contributed by atoms with Gasteiger partial charge >= 0.3 is 0 Å². The molecular weight excluding hydrogens is 420 g/mol. The van der Waals surface area contributed by atoms with E-state index in [1.54, 1.807) is 0 Å². The van der Waals surface area contributed by atoms with E-state index in [-0.39, 0.29) is 17.4 Å². The van der Waals surface area contributed by atoms with Crippen LogP contribution in [0.2, 0.25) is 0 Å². The number of allylic oxidation sites excluding steroid dienone is 1. The molecule has 4 aliphatic carbocycles. The lowest BCUT2D eigenvalue weighted by atomic mass is 9.47. The lowest BCUT2D eigenvalue weighted by Gasteiger charge is -2.58. The summed E-state index contributed by atoms with van der Waals surface area (Å²) in [6.45, 7) is 8.74. The van der Waals surface area contributed by atoms with Crippen LogP contribution in [-0.4, -0.2) is 69.8 Å². The normalized spacial score (nSPS) is 37.9. The van der Waals surface area contributed by atoms with Crippen molar-refractivity contribution in [3.8, 4) is 0 Å². The first kappa shape index (κ1) is 25.3. The minimum absolute atomic E-state index is 0.0466. The van der Waals surface area contributed by atoms with E-state index in [1.807, 2.05) is 6.08 Å². The van der Waals surface area contributed by atoms with Crippen LogP contribution < -0.4 is 0 Å². The summed E-state index contributed by atoms with van der Waals surface area (Å²) in [5, 5.41) is 8.65. The first-order chi connectivity index (χ1) is 16.0. The van der Waals surface area contributed by atoms with Crippen LogP contribution in [0.1, 0.15) is 65.2 Å². The fourth-order valence-electron chi connectivity index (χ4n) is 7.64. The number of carbonyl (C=O) groups excluding carboxylic acids is 1. The Labute approximate surface area is 199 Å². The Morgan fingerprint density at radius 2 is 1.55 bits per heavy atom. The number of hydrogen-bond donors (Lipinski definition) is 1. The molecule has 0 aromatic rings. The molecule has 1 N–H and O–H groups in total. The van der Waals surface area contributed by atoms with E-state index >= 15 is 0 Å². The summed E-state index contributed by atoms with van der Waals surface area (Å²) in [5.41, 5.74) is 1.98. The third-order valence-electron chi connectivity index (χ3n) is 9.40. The lowest BCUT2D eigenvalue weighted by molar-refractivity contribution is -0.119. The molecule has 3 saturated carbocycles. The van der Waals surface area contributed by atoms with Crippen molar-refractivity contribution in [1.29, 1.82) is 0 Å². The summed E-state index contributed by atoms with van der Waals surface area (Å²) in [6.07, 6.45) is 11.5. The average Bonchev–Trinajstić information content (AvgIpc) is 3.14. The van der Waals surface area contributed by atoms with Gasteiger partial charge in [0, 0.05) is 6.42 Å². The summed E-state index contributed by atoms with van der Waals surface area (Å²) < 4.78 is 22.7. The van der Waals surface area contributed by atoms with Gasteiger partial charge in [-0.25, -0.2) is 0 Å². The molecule has 33 heavy (non-hydrogen) atoms. The first-order valence-electron chi connectivity index (χ1n) is 13.2. The van der Waals surface area contributed by atoms with E-state index in [1.165, 1.54) is 37.7 Å². The molecule has 0 amide bonds. The number of aliphatic hydroxyl groups is 1. The Morgan fingerprint density at radius 3 is 2.27 bits per heavy atom. The number of carbonyl (C=O) groups is 1. The summed E-state index contributed by atoms with van der Waals surface area (Å²) >= 11 is 0. The van der Waals surface area contributed by atoms with E-state index in [4.69, 9.17) is 24.1 Å². The van der Waals surface area contributed by atoms with Crippen LogP contribution in [0.5, 0.6) is 0 Å². The molecular formula is C27H44O6. The van der Waals surface area contributed by atoms with E-state index in [0.717, 1.165) is 37.0 Å². The Kier molecular flexibility index (Phi) is 8.66. The molecule has 0 aliphatic heterocycles. The number of rotatable bonds is 12. The lowest BCUT2D eigenvalue weighted by Crippen LogP contribution is -2.51. The highest BCUT2D eigenvalue weighted by molar-refractivity contribution is 5.91. The van der Waals surface area contributed by atoms with E-state index in [0.29, 0.717) is 58.1 Å². The quantitative estimate of drug-likeness (QED) is 0.441. The molecule has 0 unspecified atom stereocenters. The fraction of sp³-hybridized carbons (Fsp3) is 0.889. The number of hydrogen-bond acceptors (Lipinski definition) is 6. The fourth-order valence-corrected chi connectivity index (χ4v) is 7.64. The van der Waals surface area contributed by atoms with E-state index in [2.05, 4.69) is 13.8 Å². The standard InChI is InChI=1S/C27H44O6/c1-26-9-7-21(29)19-20(26)3-4-22-23-5-6-25(27(23,2)10-8-24(22)26)33-18-17-32-16-15-31-14-13-30-12-11-28/h19,22-25,28H,3-18H2,1-2H3/t22-,23-,24-,25-,26-,27-/m0/s1. The average molecular weight is 465 g/mol. The van der Waals surface area contributed by atoms with Crippen LogP contribution >= 0.6 is 0 Å². The third kappa shape index (κ3) is 5.40. The molecule has 0 radical (unpaired) electrons. The van der Waals surface area contributed by atoms with Crippen molar-refractivity contribution in [1.82, 2.24) is 0 Å². The molecule has 188 valence electrons. The molecule has 4 aliphatic rings. The predicted molar refractivity (Wildman–Crippen MR) is 126 cm³/mol. The summed E-state index contributed by atoms with van der Waals surface area (Å²) in [6, 6.07) is 0. The zero-order chi connectivity index (χ0) is 23.3. The second-order valence-corrected chi connectivity index (χ2v) is 11.0. The van der Waals surface area contributed by atoms with Crippen molar-refractivity contribution in [2.24, 2.45) is 28.6 Å². The van der Waals surface area contributed by atoms with Gasteiger partial charge in [-0.05, 0) is 79.6 Å². The van der Waals surface area contributed by atoms with Crippen molar-refractivity contribution in [3.05, 3.63) is 11.6 Å². The van der Waals surface area contributed by atoms with Gasteiger partial charge < -0.3 is 24.1 Å². The molecule has 4 rings (SSSR count). The molecule has 0 saturated heterocycles. The molecule has 0 bridgehead atoms. The number of ketones is 1. The maximum Gasteiger partial charge on any atom is 0.155 e. The van der Waals surface area contributed by atoms with Crippen molar-refractivity contribution >= 4 is 5.78 Å². The van der Waals surface area contributed by atoms with Gasteiger partial charge in [-0.2, -0.15) is 0 Å². The molecule has 0 heterocycles. The van der Waals surface area contributed by atoms with Crippen molar-refractivity contribution in [2.45, 2.75) is 71.3 Å². The Hall–Kier alpha value is -0.790. The first-order valence-corrected chi connectivity index (χ1v) is 13.2. The van der Waals surface area contributed by atoms with Crippen molar-refractivity contribution in [2.75, 3.05) is 52.9 Å². The van der Waals surface area contributed by atoms with Gasteiger partial charge in [0.2, 0.25) is 0 Å². The third-order valence-corrected chi connectivity index (χ3v) is 9.40. The van der Waals surface area contributed by atoms with Crippen molar-refractivity contribution in [3.63, 3.8) is 0 Å². The largest absolute Gasteiger partial charge is 0.394 e. The summed E-state index contributed by atoms with van der Waals surface area (Å²) in [4.78, 5) is 12.0. The Balaban J connectivity index is 1.20. The molecule has 0 aromatic carbocycles. The van der Waals surface area contributed by atoms with Crippen LogP contribution in [0.25, 0.3) is 0 Å². The van der Waals surface area contributed by atoms with Gasteiger partial charge in [-0.3, -0.25) is 4.79 Å². The molecule has 0 spiro atoms. The van der Waals surface area contributed by atoms with Gasteiger partial charge in [0.1, 0.15) is 0 Å². The highest BCUT2D eigenvalue weighted by atomic mass is 16.6. The smallest absolute Gasteiger partial charge is 0.155 e. The van der Waals surface area contributed by atoms with Gasteiger partial charge in [0.15, 0.2) is 5.78 Å². The van der Waals surface area contributed by atoms with Crippen LogP contribution in [0, 0.1) is 28.6 Å². The highest BCUT2D eigenvalue weighted by Gasteiger charge is 2.59. The molecule has 6 atom stereocenters. The number of aliphatic hydroxyl groups excluding tert-OH is 1. The van der Waals surface area contributed by atoms with Crippen LogP contribution in [0.3, 0.4) is 0 Å². The van der Waals surface area contributed by atoms with Gasteiger partial charge in [-0.1, -0.05) is 19.4 Å². The van der Waals surface area contributed by atoms with Gasteiger partial charge in [-0.15, -0.1) is 0 Å². The Bertz CT molecular complexity index is 692. The van der Waals surface area contributed by atoms with E-state index in [9.17, 15) is 4.79 Å². The predicted octanol–water partition coefficient (Wildman–Crippen LogP) is 3.95. The highest BCUT2D eigenvalue weighted by Crippen LogP contribution is 2.65. The monoisotopic (exact) mass is 464 g/mol. The van der Waals surface area contributed by atoms with E-state index < -0.39 is 0 Å². The maximum atomic E-state index is 12.0. The molecule has 6 heteroatoms. The Morgan fingerprint density at radius 1 is 0.848 bits per heavy atom. The zero-order valence-corrected chi connectivity index (χ0v) is 20.7. The topological polar surface area (TPSA) is 74.2 Å². The summed E-state index contributed by atoms with van der Waals surface area (Å²) in [5.74, 6) is 2.61. The van der Waals surface area contributed by atoms with Gasteiger partial charge in [0.05, 0.1) is 59.0 Å². The maximum absolute atomic E-state index is 12.0. The molecule has 6 nitrogen and oxygen atoms in total. The summed E-state index contributed by atoms with van der Waals surface area (Å²) in [7, 11) is 0. The van der Waals surface area contributed by atoms with Crippen molar-refractivity contribution < 1.29 is 28.8 Å². The number of ether oxygens (including phenoxy) is 4. The van der Waals surface area contributed by atoms with Gasteiger partial charge in [0.25, 0.3) is 0 Å². The van der Waals surface area contributed by atoms with Crippen LogP contribution in [-0.2, 0) is 23.7 Å². The van der Waals surface area contributed by atoms with Crippen LogP contribution in [0.4, 0.5) is 0 Å². The second-order valence-electron chi connectivity index (χ2n) is 11.0. The zero-order valence-electron chi connectivity index (χ0n) is 20.7. The number of fused-ring (bicyclic) bond motifs is 5. The molecule has 0 aromatic heterocycles. The van der Waals surface area contributed by atoms with Crippen LogP contribution in [0.15, 0.2) is 11.6 Å².